The van der Waals surface area contributed by atoms with Crippen molar-refractivity contribution in [3.63, 3.8) is 0 Å². The molecule has 0 aliphatic heterocycles. The molecule has 2 aliphatic rings. The number of hydrogen-bond donors (Lipinski definition) is 1. The lowest BCUT2D eigenvalue weighted by atomic mass is 10.5. The summed E-state index contributed by atoms with van der Waals surface area (Å²) in [5.41, 5.74) is 7.15. The third-order valence-electron chi connectivity index (χ3n) is 1.81. The van der Waals surface area contributed by atoms with Gasteiger partial charge in [0.05, 0.1) is 0 Å². The van der Waals surface area contributed by atoms with Crippen LogP contribution in [-0.4, -0.2) is 4.98 Å². The average molecular weight is 223 g/mol. The van der Waals surface area contributed by atoms with Crippen LogP contribution in [0.25, 0.3) is 11.1 Å². The number of nitrogens with two attached hydrogens (primary N) is 1. The van der Waals surface area contributed by atoms with Crippen LogP contribution >= 0.6 is 11.6 Å². The van der Waals surface area contributed by atoms with Gasteiger partial charge in [-0.25, -0.2) is 0 Å². The molecule has 1 heterocycles. The van der Waals surface area contributed by atoms with Crippen molar-refractivity contribution in [1.29, 1.82) is 0 Å². The van der Waals surface area contributed by atoms with Gasteiger partial charge in [0, 0.05) is 16.7 Å². The molecule has 1 aromatic rings. The second kappa shape index (κ2) is 3.74. The maximum absolute atomic E-state index is 10.2. The van der Waals surface area contributed by atoms with Crippen molar-refractivity contribution < 1.29 is 4.42 Å². The predicted molar refractivity (Wildman–Crippen MR) is 57.6 cm³/mol. The van der Waals surface area contributed by atoms with Gasteiger partial charge in [0.15, 0.2) is 0 Å². The minimum atomic E-state index is -0.381. The van der Waals surface area contributed by atoms with E-state index in [9.17, 15) is 4.79 Å². The molecule has 0 amide bonds. The summed E-state index contributed by atoms with van der Waals surface area (Å²) in [6.45, 7) is 0. The van der Waals surface area contributed by atoms with Crippen molar-refractivity contribution in [3.05, 3.63) is 45.9 Å². The zero-order chi connectivity index (χ0) is 10.8. The summed E-state index contributed by atoms with van der Waals surface area (Å²) < 4.78 is 4.47. The second-order valence-corrected chi connectivity index (χ2v) is 3.31. The molecule has 0 aromatic carbocycles. The number of anilines is 1. The van der Waals surface area contributed by atoms with Crippen LogP contribution < -0.4 is 11.3 Å². The van der Waals surface area contributed by atoms with Crippen LogP contribution in [0.2, 0.25) is 5.02 Å². The number of rotatable bonds is 0. The highest BCUT2D eigenvalue weighted by atomic mass is 35.5. The number of nitrogens with zero attached hydrogens (tertiary/aromatic N) is 1. The van der Waals surface area contributed by atoms with Crippen molar-refractivity contribution in [2.75, 3.05) is 5.73 Å². The highest BCUT2D eigenvalue weighted by molar-refractivity contribution is 6.35. The van der Waals surface area contributed by atoms with Gasteiger partial charge in [-0.05, 0) is 17.7 Å². The van der Waals surface area contributed by atoms with Crippen LogP contribution in [0.5, 0.6) is 0 Å². The van der Waals surface area contributed by atoms with Crippen molar-refractivity contribution in [2.45, 2.75) is 0 Å². The molecule has 0 saturated heterocycles. The van der Waals surface area contributed by atoms with Crippen LogP contribution in [0.3, 0.4) is 0 Å². The van der Waals surface area contributed by atoms with E-state index in [1.165, 1.54) is 23.5 Å². The lowest BCUT2D eigenvalue weighted by Gasteiger charge is -1.82. The standard InChI is InChI=1S/C6H3Cl.C4H4N2O2/c7-6-2-1-4-3-5(4)6;5-4-6-3(7)1-2-8-4/h1-3H;1-2H,(H2,5,6,7). The Hall–Kier alpha value is -1.81. The van der Waals surface area contributed by atoms with E-state index in [1.54, 1.807) is 0 Å². The molecule has 1 aromatic heterocycles. The van der Waals surface area contributed by atoms with Gasteiger partial charge in [-0.15, -0.1) is 0 Å². The molecule has 0 fully saturated rings. The summed E-state index contributed by atoms with van der Waals surface area (Å²) >= 11 is 5.65. The number of benzene rings is 1. The number of halogens is 1. The van der Waals surface area contributed by atoms with Gasteiger partial charge in [-0.1, -0.05) is 17.7 Å². The molecule has 3 rings (SSSR count). The van der Waals surface area contributed by atoms with Gasteiger partial charge in [-0.3, -0.25) is 4.79 Å². The molecule has 4 nitrogen and oxygen atoms in total. The molecule has 0 saturated carbocycles. The first kappa shape index (κ1) is 9.73. The second-order valence-electron chi connectivity index (χ2n) is 2.90. The zero-order valence-corrected chi connectivity index (χ0v) is 8.36. The van der Waals surface area contributed by atoms with Crippen LogP contribution in [-0.2, 0) is 0 Å². The first-order chi connectivity index (χ1) is 7.16. The maximum atomic E-state index is 10.2. The van der Waals surface area contributed by atoms with Crippen LogP contribution in [0.15, 0.2) is 39.7 Å². The van der Waals surface area contributed by atoms with E-state index in [-0.39, 0.29) is 11.6 Å². The normalized spacial score (nSPS) is 10.2. The van der Waals surface area contributed by atoms with Crippen LogP contribution in [0.4, 0.5) is 6.01 Å². The smallest absolute Gasteiger partial charge is 0.295 e. The highest BCUT2D eigenvalue weighted by Crippen LogP contribution is 2.40. The lowest BCUT2D eigenvalue weighted by Crippen LogP contribution is -2.04. The monoisotopic (exact) mass is 222 g/mol. The molecule has 0 spiro atoms. The molecule has 0 atom stereocenters. The largest absolute Gasteiger partial charge is 0.434 e. The molecule has 2 N–H and O–H groups in total. The third-order valence-corrected chi connectivity index (χ3v) is 2.14. The summed E-state index contributed by atoms with van der Waals surface area (Å²) in [5.74, 6) is 0. The van der Waals surface area contributed by atoms with E-state index in [0.717, 1.165) is 5.02 Å². The van der Waals surface area contributed by atoms with Gasteiger partial charge >= 0.3 is 0 Å². The third kappa shape index (κ3) is 2.35. The van der Waals surface area contributed by atoms with E-state index in [4.69, 9.17) is 17.3 Å². The minimum absolute atomic E-state index is 0.0995. The van der Waals surface area contributed by atoms with E-state index in [2.05, 4.69) is 15.5 Å². The van der Waals surface area contributed by atoms with Gasteiger partial charge in [0.25, 0.3) is 11.6 Å². The van der Waals surface area contributed by atoms with E-state index >= 15 is 0 Å². The Morgan fingerprint density at radius 1 is 1.33 bits per heavy atom. The highest BCUT2D eigenvalue weighted by Gasteiger charge is 2.14. The predicted octanol–water partition coefficient (Wildman–Crippen LogP) is 1.94. The van der Waals surface area contributed by atoms with Crippen molar-refractivity contribution in [1.82, 2.24) is 4.98 Å². The summed E-state index contributed by atoms with van der Waals surface area (Å²) in [4.78, 5) is 13.5. The quantitative estimate of drug-likeness (QED) is 0.631. The Morgan fingerprint density at radius 3 is 2.40 bits per heavy atom. The molecule has 0 bridgehead atoms. The fourth-order valence-corrected chi connectivity index (χ4v) is 1.28. The summed E-state index contributed by atoms with van der Waals surface area (Å²) in [7, 11) is 0. The van der Waals surface area contributed by atoms with E-state index in [0.29, 0.717) is 0 Å². The van der Waals surface area contributed by atoms with Crippen molar-refractivity contribution >= 4 is 17.6 Å². The van der Waals surface area contributed by atoms with Crippen molar-refractivity contribution in [2.24, 2.45) is 0 Å². The molecule has 2 aliphatic carbocycles. The Bertz CT molecular complexity index is 551. The average Bonchev–Trinajstić information content (AvgIpc) is 2.87. The molecular weight excluding hydrogens is 216 g/mol. The molecule has 5 heteroatoms. The first-order valence-corrected chi connectivity index (χ1v) is 4.56. The first-order valence-electron chi connectivity index (χ1n) is 4.18. The Morgan fingerprint density at radius 2 is 2.13 bits per heavy atom. The van der Waals surface area contributed by atoms with Gasteiger partial charge in [0.1, 0.15) is 6.26 Å². The molecule has 0 unspecified atom stereocenters. The topological polar surface area (TPSA) is 69.1 Å². The van der Waals surface area contributed by atoms with Gasteiger partial charge in [-0.2, -0.15) is 4.98 Å². The van der Waals surface area contributed by atoms with Crippen molar-refractivity contribution in [3.8, 4) is 11.1 Å². The number of aromatic nitrogens is 1. The molecule has 76 valence electrons. The maximum Gasteiger partial charge on any atom is 0.295 e. The Kier molecular flexibility index (Phi) is 2.43. The van der Waals surface area contributed by atoms with E-state index < -0.39 is 0 Å². The van der Waals surface area contributed by atoms with E-state index in [1.807, 2.05) is 12.1 Å². The Balaban J connectivity index is 0.000000114. The zero-order valence-electron chi connectivity index (χ0n) is 7.61. The fourth-order valence-electron chi connectivity index (χ4n) is 1.05. The summed E-state index contributed by atoms with van der Waals surface area (Å²) in [5, 5.41) is 0.898. The summed E-state index contributed by atoms with van der Waals surface area (Å²) in [6.07, 6.45) is 1.20. The molecule has 15 heavy (non-hydrogen) atoms. The molecule has 0 radical (unpaired) electrons. The number of hydrogen-bond acceptors (Lipinski definition) is 4. The minimum Gasteiger partial charge on any atom is -0.434 e. The molecular formula is C10H7ClN2O2. The Labute approximate surface area is 90.3 Å². The van der Waals surface area contributed by atoms with Crippen LogP contribution in [0.1, 0.15) is 0 Å². The lowest BCUT2D eigenvalue weighted by molar-refractivity contribution is 0.548. The number of fused-ring (bicyclic) bond motifs is 1. The fraction of sp³-hybridized carbons (Fsp3) is 0. The summed E-state index contributed by atoms with van der Waals surface area (Å²) in [6, 6.07) is 7.11. The number of nitrogen functional groups attached to an aromatic ring is 1. The van der Waals surface area contributed by atoms with Crippen LogP contribution in [0, 0.1) is 0 Å². The van der Waals surface area contributed by atoms with Gasteiger partial charge < -0.3 is 10.2 Å². The SMILES string of the molecule is Clc1ccc2cc1-2.Nc1nc(=O)cco1. The van der Waals surface area contributed by atoms with Gasteiger partial charge in [0.2, 0.25) is 0 Å².